The molecular weight excluding hydrogens is 326 g/mol. The van der Waals surface area contributed by atoms with Crippen molar-refractivity contribution in [2.45, 2.75) is 27.2 Å². The lowest BCUT2D eigenvalue weighted by Crippen LogP contribution is -2.11. The quantitative estimate of drug-likeness (QED) is 0.385. The summed E-state index contributed by atoms with van der Waals surface area (Å²) in [5, 5.41) is 1.93. The standard InChI is InChI=1S/C22H19NO3/c1-13-9-14(2)21-17(12-25-19(21)10-13)11-20(24)26-18-6-4-5-16-8-7-15(3)23-22(16)18/h4-10,12H,11H2,1-3H3. The lowest BCUT2D eigenvalue weighted by molar-refractivity contribution is -0.133. The van der Waals surface area contributed by atoms with Crippen molar-refractivity contribution in [2.75, 3.05) is 0 Å². The van der Waals surface area contributed by atoms with Crippen LogP contribution in [0.5, 0.6) is 5.75 Å². The molecule has 2 aromatic carbocycles. The van der Waals surface area contributed by atoms with Crippen molar-refractivity contribution in [2.24, 2.45) is 0 Å². The summed E-state index contributed by atoms with van der Waals surface area (Å²) in [5.74, 6) is 0.153. The van der Waals surface area contributed by atoms with Gasteiger partial charge in [-0.05, 0) is 50.1 Å². The van der Waals surface area contributed by atoms with Crippen molar-refractivity contribution in [3.8, 4) is 5.75 Å². The first-order valence-electron chi connectivity index (χ1n) is 8.55. The van der Waals surface area contributed by atoms with Crippen LogP contribution < -0.4 is 4.74 Å². The zero-order valence-corrected chi connectivity index (χ0v) is 15.0. The van der Waals surface area contributed by atoms with Gasteiger partial charge in [-0.3, -0.25) is 4.79 Å². The topological polar surface area (TPSA) is 52.3 Å². The van der Waals surface area contributed by atoms with Crippen LogP contribution >= 0.6 is 0 Å². The summed E-state index contributed by atoms with van der Waals surface area (Å²) in [4.78, 5) is 17.0. The van der Waals surface area contributed by atoms with Crippen LogP contribution in [0.1, 0.15) is 22.4 Å². The molecule has 0 radical (unpaired) electrons. The fourth-order valence-corrected chi connectivity index (χ4v) is 3.37. The molecule has 26 heavy (non-hydrogen) atoms. The average molecular weight is 345 g/mol. The number of esters is 1. The first-order valence-corrected chi connectivity index (χ1v) is 8.55. The number of aromatic nitrogens is 1. The first kappa shape index (κ1) is 16.3. The van der Waals surface area contributed by atoms with E-state index in [4.69, 9.17) is 9.15 Å². The Labute approximate surface area is 151 Å². The maximum Gasteiger partial charge on any atom is 0.315 e. The van der Waals surface area contributed by atoms with Crippen LogP contribution in [0, 0.1) is 20.8 Å². The van der Waals surface area contributed by atoms with Gasteiger partial charge in [0, 0.05) is 22.0 Å². The van der Waals surface area contributed by atoms with Crippen LogP contribution in [0.3, 0.4) is 0 Å². The Hall–Kier alpha value is -3.14. The van der Waals surface area contributed by atoms with Crippen LogP contribution in [-0.2, 0) is 11.2 Å². The third kappa shape index (κ3) is 2.94. The maximum absolute atomic E-state index is 12.5. The predicted molar refractivity (Wildman–Crippen MR) is 102 cm³/mol. The number of pyridine rings is 1. The summed E-state index contributed by atoms with van der Waals surface area (Å²) in [5.41, 5.74) is 5.45. The van der Waals surface area contributed by atoms with E-state index in [2.05, 4.69) is 11.1 Å². The summed E-state index contributed by atoms with van der Waals surface area (Å²) in [6, 6.07) is 13.6. The number of benzene rings is 2. The second-order valence-corrected chi connectivity index (χ2v) is 6.65. The number of aryl methyl sites for hydroxylation is 3. The highest BCUT2D eigenvalue weighted by Gasteiger charge is 2.15. The summed E-state index contributed by atoms with van der Waals surface area (Å²) in [6.07, 6.45) is 1.79. The lowest BCUT2D eigenvalue weighted by atomic mass is 10.0. The van der Waals surface area contributed by atoms with Crippen LogP contribution in [-0.4, -0.2) is 11.0 Å². The van der Waals surface area contributed by atoms with Gasteiger partial charge in [-0.25, -0.2) is 4.98 Å². The van der Waals surface area contributed by atoms with E-state index in [9.17, 15) is 4.79 Å². The maximum atomic E-state index is 12.5. The van der Waals surface area contributed by atoms with Crippen molar-refractivity contribution < 1.29 is 13.9 Å². The molecule has 0 saturated carbocycles. The van der Waals surface area contributed by atoms with Gasteiger partial charge in [0.15, 0.2) is 5.75 Å². The lowest BCUT2D eigenvalue weighted by Gasteiger charge is -2.08. The molecule has 0 atom stereocenters. The van der Waals surface area contributed by atoms with Gasteiger partial charge in [-0.1, -0.05) is 24.3 Å². The fourth-order valence-electron chi connectivity index (χ4n) is 3.37. The number of para-hydroxylation sites is 1. The Bertz CT molecular complexity index is 1140. The molecular formula is C22H19NO3. The molecule has 4 rings (SSSR count). The van der Waals surface area contributed by atoms with Gasteiger partial charge in [0.1, 0.15) is 11.1 Å². The number of rotatable bonds is 3. The number of carbonyl (C=O) groups excluding carboxylic acids is 1. The Morgan fingerprint density at radius 2 is 1.96 bits per heavy atom. The molecule has 130 valence electrons. The highest BCUT2D eigenvalue weighted by molar-refractivity contribution is 5.91. The minimum Gasteiger partial charge on any atom is -0.464 e. The molecule has 4 aromatic rings. The highest BCUT2D eigenvalue weighted by Crippen LogP contribution is 2.28. The van der Waals surface area contributed by atoms with Crippen molar-refractivity contribution in [1.82, 2.24) is 4.98 Å². The molecule has 0 spiro atoms. The number of furan rings is 1. The molecule has 0 aliphatic rings. The molecule has 2 heterocycles. The van der Waals surface area contributed by atoms with E-state index in [1.54, 1.807) is 12.3 Å². The molecule has 0 aliphatic heterocycles. The Morgan fingerprint density at radius 1 is 1.12 bits per heavy atom. The molecule has 0 N–H and O–H groups in total. The summed E-state index contributed by atoms with van der Waals surface area (Å²) < 4.78 is 11.3. The zero-order chi connectivity index (χ0) is 18.3. The summed E-state index contributed by atoms with van der Waals surface area (Å²) in [6.45, 7) is 5.97. The number of carbonyl (C=O) groups is 1. The largest absolute Gasteiger partial charge is 0.464 e. The third-order valence-electron chi connectivity index (χ3n) is 4.47. The Kier molecular flexibility index (Phi) is 3.96. The van der Waals surface area contributed by atoms with E-state index in [1.165, 1.54) is 0 Å². The number of nitrogens with zero attached hydrogens (tertiary/aromatic N) is 1. The minimum atomic E-state index is -0.330. The van der Waals surface area contributed by atoms with Gasteiger partial charge in [0.25, 0.3) is 0 Å². The predicted octanol–water partition coefficient (Wildman–Crippen LogP) is 5.05. The van der Waals surface area contributed by atoms with Crippen LogP contribution in [0.2, 0.25) is 0 Å². The SMILES string of the molecule is Cc1cc(C)c2c(CC(=O)Oc3cccc4ccc(C)nc34)coc2c1. The van der Waals surface area contributed by atoms with E-state index < -0.39 is 0 Å². The number of fused-ring (bicyclic) bond motifs is 2. The summed E-state index contributed by atoms with van der Waals surface area (Å²) >= 11 is 0. The van der Waals surface area contributed by atoms with E-state index >= 15 is 0 Å². The second-order valence-electron chi connectivity index (χ2n) is 6.65. The van der Waals surface area contributed by atoms with Crippen molar-refractivity contribution in [3.63, 3.8) is 0 Å². The summed E-state index contributed by atoms with van der Waals surface area (Å²) in [7, 11) is 0. The Balaban J connectivity index is 1.63. The van der Waals surface area contributed by atoms with Gasteiger partial charge < -0.3 is 9.15 Å². The van der Waals surface area contributed by atoms with Crippen molar-refractivity contribution in [1.29, 1.82) is 0 Å². The number of hydrogen-bond donors (Lipinski definition) is 0. The molecule has 0 saturated heterocycles. The number of hydrogen-bond acceptors (Lipinski definition) is 4. The average Bonchev–Trinajstić information content (AvgIpc) is 2.98. The van der Waals surface area contributed by atoms with Crippen molar-refractivity contribution >= 4 is 27.8 Å². The van der Waals surface area contributed by atoms with Gasteiger partial charge >= 0.3 is 5.97 Å². The van der Waals surface area contributed by atoms with Gasteiger partial charge in [-0.15, -0.1) is 0 Å². The van der Waals surface area contributed by atoms with Gasteiger partial charge in [0.05, 0.1) is 12.7 Å². The molecule has 0 bridgehead atoms. The van der Waals surface area contributed by atoms with E-state index in [0.717, 1.165) is 38.7 Å². The van der Waals surface area contributed by atoms with E-state index in [0.29, 0.717) is 11.3 Å². The third-order valence-corrected chi connectivity index (χ3v) is 4.47. The number of ether oxygens (including phenoxy) is 1. The smallest absolute Gasteiger partial charge is 0.315 e. The highest BCUT2D eigenvalue weighted by atomic mass is 16.5. The van der Waals surface area contributed by atoms with Crippen LogP contribution in [0.15, 0.2) is 53.1 Å². The normalized spacial score (nSPS) is 11.2. The van der Waals surface area contributed by atoms with Crippen LogP contribution in [0.4, 0.5) is 0 Å². The molecule has 4 heteroatoms. The van der Waals surface area contributed by atoms with Crippen LogP contribution in [0.25, 0.3) is 21.9 Å². The Morgan fingerprint density at radius 3 is 2.81 bits per heavy atom. The molecule has 4 nitrogen and oxygen atoms in total. The van der Waals surface area contributed by atoms with Crippen molar-refractivity contribution in [3.05, 3.63) is 71.1 Å². The zero-order valence-electron chi connectivity index (χ0n) is 15.0. The van der Waals surface area contributed by atoms with Gasteiger partial charge in [0.2, 0.25) is 0 Å². The van der Waals surface area contributed by atoms with E-state index in [1.807, 2.05) is 51.1 Å². The second kappa shape index (κ2) is 6.30. The molecule has 0 fully saturated rings. The first-order chi connectivity index (χ1) is 12.5. The minimum absolute atomic E-state index is 0.152. The molecule has 0 unspecified atom stereocenters. The monoisotopic (exact) mass is 345 g/mol. The van der Waals surface area contributed by atoms with E-state index in [-0.39, 0.29) is 12.4 Å². The molecule has 0 aliphatic carbocycles. The fraction of sp³-hybridized carbons (Fsp3) is 0.182. The molecule has 2 aromatic heterocycles. The van der Waals surface area contributed by atoms with Gasteiger partial charge in [-0.2, -0.15) is 0 Å². The molecule has 0 amide bonds.